The molecule has 1 N–H and O–H groups in total. The summed E-state index contributed by atoms with van der Waals surface area (Å²) >= 11 is 6.00. The van der Waals surface area contributed by atoms with Crippen molar-refractivity contribution in [2.75, 3.05) is 39.6 Å². The fourth-order valence-electron chi connectivity index (χ4n) is 1.20. The van der Waals surface area contributed by atoms with Crippen LogP contribution in [0.25, 0.3) is 0 Å². The van der Waals surface area contributed by atoms with E-state index < -0.39 is 0 Å². The molecule has 0 aliphatic rings. The highest BCUT2D eigenvalue weighted by Gasteiger charge is 2.00. The van der Waals surface area contributed by atoms with E-state index in [0.717, 1.165) is 18.8 Å². The summed E-state index contributed by atoms with van der Waals surface area (Å²) in [4.78, 5) is 2.12. The van der Waals surface area contributed by atoms with Crippen LogP contribution < -0.4 is 10.1 Å². The SMILES string of the molecule is COc1ccc(NCCN(C)C)cc1Cl. The predicted molar refractivity (Wildman–Crippen MR) is 65.0 cm³/mol. The van der Waals surface area contributed by atoms with E-state index in [9.17, 15) is 0 Å². The standard InChI is InChI=1S/C11H17ClN2O/c1-14(2)7-6-13-9-4-5-11(15-3)10(12)8-9/h4-5,8,13H,6-7H2,1-3H3. The largest absolute Gasteiger partial charge is 0.495 e. The Morgan fingerprint density at radius 1 is 1.40 bits per heavy atom. The molecule has 0 radical (unpaired) electrons. The van der Waals surface area contributed by atoms with Gasteiger partial charge in [0.2, 0.25) is 0 Å². The normalized spacial score (nSPS) is 10.5. The molecule has 4 heteroatoms. The summed E-state index contributed by atoms with van der Waals surface area (Å²) in [6.45, 7) is 1.89. The van der Waals surface area contributed by atoms with E-state index in [-0.39, 0.29) is 0 Å². The molecular weight excluding hydrogens is 212 g/mol. The minimum absolute atomic E-state index is 0.632. The van der Waals surface area contributed by atoms with Crippen LogP contribution in [0.2, 0.25) is 5.02 Å². The molecular formula is C11H17ClN2O. The quantitative estimate of drug-likeness (QED) is 0.837. The summed E-state index contributed by atoms with van der Waals surface area (Å²) < 4.78 is 5.07. The lowest BCUT2D eigenvalue weighted by Crippen LogP contribution is -2.20. The molecule has 84 valence electrons. The van der Waals surface area contributed by atoms with Crippen LogP contribution in [-0.2, 0) is 0 Å². The Kier molecular flexibility index (Phi) is 4.72. The van der Waals surface area contributed by atoms with Crippen LogP contribution in [-0.4, -0.2) is 39.2 Å². The second-order valence-corrected chi connectivity index (χ2v) is 3.99. The molecule has 1 aromatic carbocycles. The first-order valence-electron chi connectivity index (χ1n) is 4.85. The van der Waals surface area contributed by atoms with Gasteiger partial charge >= 0.3 is 0 Å². The second-order valence-electron chi connectivity index (χ2n) is 3.58. The smallest absolute Gasteiger partial charge is 0.137 e. The molecule has 0 unspecified atom stereocenters. The number of rotatable bonds is 5. The van der Waals surface area contributed by atoms with Crippen molar-refractivity contribution in [3.63, 3.8) is 0 Å². The van der Waals surface area contributed by atoms with Gasteiger partial charge in [-0.05, 0) is 32.3 Å². The average Bonchev–Trinajstić information content (AvgIpc) is 2.17. The Balaban J connectivity index is 2.52. The number of benzene rings is 1. The molecule has 0 spiro atoms. The fourth-order valence-corrected chi connectivity index (χ4v) is 1.46. The van der Waals surface area contributed by atoms with Gasteiger partial charge < -0.3 is 15.0 Å². The molecule has 0 bridgehead atoms. The maximum Gasteiger partial charge on any atom is 0.137 e. The highest BCUT2D eigenvalue weighted by molar-refractivity contribution is 6.32. The number of halogens is 1. The molecule has 1 aromatic rings. The van der Waals surface area contributed by atoms with E-state index in [1.165, 1.54) is 0 Å². The van der Waals surface area contributed by atoms with E-state index in [1.54, 1.807) is 7.11 Å². The minimum atomic E-state index is 0.632. The number of methoxy groups -OCH3 is 1. The Morgan fingerprint density at radius 2 is 2.13 bits per heavy atom. The van der Waals surface area contributed by atoms with Gasteiger partial charge in [-0.2, -0.15) is 0 Å². The zero-order valence-electron chi connectivity index (χ0n) is 9.38. The van der Waals surface area contributed by atoms with E-state index in [1.807, 2.05) is 32.3 Å². The second kappa shape index (κ2) is 5.83. The van der Waals surface area contributed by atoms with Gasteiger partial charge in [-0.3, -0.25) is 0 Å². The van der Waals surface area contributed by atoms with Crippen LogP contribution in [0.15, 0.2) is 18.2 Å². The summed E-state index contributed by atoms with van der Waals surface area (Å²) in [6, 6.07) is 5.69. The van der Waals surface area contributed by atoms with E-state index in [4.69, 9.17) is 16.3 Å². The number of likely N-dealkylation sites (N-methyl/N-ethyl adjacent to an activating group) is 1. The summed E-state index contributed by atoms with van der Waals surface area (Å²) in [5, 5.41) is 3.92. The first kappa shape index (κ1) is 12.1. The predicted octanol–water partition coefficient (Wildman–Crippen LogP) is 2.32. The van der Waals surface area contributed by atoms with Crippen LogP contribution in [0.4, 0.5) is 5.69 Å². The van der Waals surface area contributed by atoms with Crippen molar-refractivity contribution in [1.29, 1.82) is 0 Å². The minimum Gasteiger partial charge on any atom is -0.495 e. The molecule has 0 saturated carbocycles. The summed E-state index contributed by atoms with van der Waals surface area (Å²) in [5.74, 6) is 0.704. The van der Waals surface area contributed by atoms with Gasteiger partial charge in [-0.15, -0.1) is 0 Å². The number of nitrogens with one attached hydrogen (secondary N) is 1. The molecule has 0 aliphatic carbocycles. The van der Waals surface area contributed by atoms with Gasteiger partial charge in [0.1, 0.15) is 5.75 Å². The van der Waals surface area contributed by atoms with E-state index in [2.05, 4.69) is 10.2 Å². The molecule has 0 saturated heterocycles. The fraction of sp³-hybridized carbons (Fsp3) is 0.455. The Morgan fingerprint density at radius 3 is 2.67 bits per heavy atom. The van der Waals surface area contributed by atoms with Crippen molar-refractivity contribution in [3.05, 3.63) is 23.2 Å². The zero-order valence-corrected chi connectivity index (χ0v) is 10.1. The maximum atomic E-state index is 6.00. The van der Waals surface area contributed by atoms with Crippen LogP contribution in [0.5, 0.6) is 5.75 Å². The van der Waals surface area contributed by atoms with Gasteiger partial charge in [-0.1, -0.05) is 11.6 Å². The topological polar surface area (TPSA) is 24.5 Å². The number of ether oxygens (including phenoxy) is 1. The van der Waals surface area contributed by atoms with Gasteiger partial charge in [0.25, 0.3) is 0 Å². The number of nitrogens with zero attached hydrogens (tertiary/aromatic N) is 1. The maximum absolute atomic E-state index is 6.00. The van der Waals surface area contributed by atoms with Gasteiger partial charge in [0.15, 0.2) is 0 Å². The van der Waals surface area contributed by atoms with E-state index in [0.29, 0.717) is 10.8 Å². The lowest BCUT2D eigenvalue weighted by Gasteiger charge is -2.12. The number of hydrogen-bond donors (Lipinski definition) is 1. The van der Waals surface area contributed by atoms with Crippen molar-refractivity contribution in [2.24, 2.45) is 0 Å². The number of hydrogen-bond acceptors (Lipinski definition) is 3. The van der Waals surface area contributed by atoms with Crippen molar-refractivity contribution in [3.8, 4) is 5.75 Å². The number of anilines is 1. The highest BCUT2D eigenvalue weighted by Crippen LogP contribution is 2.26. The third-order valence-corrected chi connectivity index (χ3v) is 2.34. The lowest BCUT2D eigenvalue weighted by molar-refractivity contribution is 0.415. The molecule has 15 heavy (non-hydrogen) atoms. The van der Waals surface area contributed by atoms with Gasteiger partial charge in [-0.25, -0.2) is 0 Å². The first-order chi connectivity index (χ1) is 7.13. The van der Waals surface area contributed by atoms with Crippen molar-refractivity contribution >= 4 is 17.3 Å². The molecule has 0 aliphatic heterocycles. The lowest BCUT2D eigenvalue weighted by atomic mass is 10.3. The third kappa shape index (κ3) is 3.98. The Bertz CT molecular complexity index is 315. The monoisotopic (exact) mass is 228 g/mol. The van der Waals surface area contributed by atoms with Crippen LogP contribution in [0.3, 0.4) is 0 Å². The summed E-state index contributed by atoms with van der Waals surface area (Å²) in [5.41, 5.74) is 1.02. The van der Waals surface area contributed by atoms with Crippen molar-refractivity contribution in [2.45, 2.75) is 0 Å². The van der Waals surface area contributed by atoms with Crippen LogP contribution in [0, 0.1) is 0 Å². The van der Waals surface area contributed by atoms with Crippen LogP contribution >= 0.6 is 11.6 Å². The molecule has 0 atom stereocenters. The Hall–Kier alpha value is -0.930. The molecule has 3 nitrogen and oxygen atoms in total. The Labute approximate surface area is 96.0 Å². The first-order valence-corrected chi connectivity index (χ1v) is 5.23. The zero-order chi connectivity index (χ0) is 11.3. The summed E-state index contributed by atoms with van der Waals surface area (Å²) in [6.07, 6.45) is 0. The highest BCUT2D eigenvalue weighted by atomic mass is 35.5. The van der Waals surface area contributed by atoms with Gasteiger partial charge in [0.05, 0.1) is 12.1 Å². The third-order valence-electron chi connectivity index (χ3n) is 2.04. The van der Waals surface area contributed by atoms with Crippen LogP contribution in [0.1, 0.15) is 0 Å². The van der Waals surface area contributed by atoms with Crippen molar-refractivity contribution < 1.29 is 4.74 Å². The summed E-state index contributed by atoms with van der Waals surface area (Å²) in [7, 11) is 5.70. The molecule has 0 fully saturated rings. The molecule has 0 aromatic heterocycles. The molecule has 0 heterocycles. The average molecular weight is 229 g/mol. The molecule has 0 amide bonds. The van der Waals surface area contributed by atoms with Gasteiger partial charge in [0, 0.05) is 18.8 Å². The molecule has 1 rings (SSSR count). The van der Waals surface area contributed by atoms with E-state index >= 15 is 0 Å². The van der Waals surface area contributed by atoms with Crippen molar-refractivity contribution in [1.82, 2.24) is 4.90 Å².